The molecule has 9 heteroatoms. The first kappa shape index (κ1) is 29.3. The molecule has 0 aliphatic heterocycles. The van der Waals surface area contributed by atoms with E-state index in [1.807, 2.05) is 0 Å². The number of ketones is 3. The maximum Gasteiger partial charge on any atom is 0.255 e. The molecule has 4 aromatic rings. The molecule has 4 rings (SSSR count). The normalized spacial score (nSPS) is 10.4. The Morgan fingerprint density at radius 3 is 0.762 bits per heavy atom. The third-order valence-corrected chi connectivity index (χ3v) is 6.37. The molecule has 0 aliphatic rings. The summed E-state index contributed by atoms with van der Waals surface area (Å²) in [5.74, 6) is -2.08. The summed E-state index contributed by atoms with van der Waals surface area (Å²) in [7, 11) is 0. The van der Waals surface area contributed by atoms with E-state index in [-0.39, 0.29) is 34.0 Å². The molecule has 42 heavy (non-hydrogen) atoms. The second kappa shape index (κ2) is 12.6. The summed E-state index contributed by atoms with van der Waals surface area (Å²) in [6, 6.07) is 23.0. The van der Waals surface area contributed by atoms with Gasteiger partial charge in [-0.3, -0.25) is 28.8 Å². The van der Waals surface area contributed by atoms with Crippen LogP contribution in [0.25, 0.3) is 0 Å². The number of hydrogen-bond donors (Lipinski definition) is 3. The van der Waals surface area contributed by atoms with Crippen LogP contribution in [0.1, 0.15) is 82.9 Å². The molecule has 4 aromatic carbocycles. The summed E-state index contributed by atoms with van der Waals surface area (Å²) in [5.41, 5.74) is 2.84. The molecule has 0 bridgehead atoms. The lowest BCUT2D eigenvalue weighted by atomic mass is 10.0. The van der Waals surface area contributed by atoms with Crippen molar-refractivity contribution in [3.8, 4) is 0 Å². The fraction of sp³-hybridized carbons (Fsp3) is 0.0909. The highest BCUT2D eigenvalue weighted by Crippen LogP contribution is 2.19. The zero-order valence-corrected chi connectivity index (χ0v) is 23.1. The molecule has 0 radical (unpaired) electrons. The second-order valence-corrected chi connectivity index (χ2v) is 9.56. The van der Waals surface area contributed by atoms with Gasteiger partial charge in [-0.1, -0.05) is 0 Å². The van der Waals surface area contributed by atoms with E-state index in [9.17, 15) is 28.8 Å². The van der Waals surface area contributed by atoms with Gasteiger partial charge in [0.25, 0.3) is 17.7 Å². The largest absolute Gasteiger partial charge is 0.322 e. The fourth-order valence-electron chi connectivity index (χ4n) is 4.00. The molecule has 3 N–H and O–H groups in total. The van der Waals surface area contributed by atoms with Crippen molar-refractivity contribution in [1.29, 1.82) is 0 Å². The number of carbonyl (C=O) groups excluding carboxylic acids is 6. The lowest BCUT2D eigenvalue weighted by molar-refractivity contribution is 0.100. The van der Waals surface area contributed by atoms with Gasteiger partial charge in [-0.15, -0.1) is 0 Å². The van der Waals surface area contributed by atoms with Crippen LogP contribution < -0.4 is 16.0 Å². The molecule has 0 spiro atoms. The topological polar surface area (TPSA) is 139 Å². The first-order valence-electron chi connectivity index (χ1n) is 12.9. The number of amides is 3. The zero-order chi connectivity index (χ0) is 30.4. The van der Waals surface area contributed by atoms with E-state index >= 15 is 0 Å². The minimum Gasteiger partial charge on any atom is -0.322 e. The van der Waals surface area contributed by atoms with Crippen LogP contribution in [0, 0.1) is 0 Å². The van der Waals surface area contributed by atoms with Crippen molar-refractivity contribution >= 4 is 52.1 Å². The van der Waals surface area contributed by atoms with Crippen molar-refractivity contribution in [3.63, 3.8) is 0 Å². The van der Waals surface area contributed by atoms with Crippen LogP contribution in [0.2, 0.25) is 0 Å². The van der Waals surface area contributed by atoms with Crippen molar-refractivity contribution in [2.24, 2.45) is 0 Å². The van der Waals surface area contributed by atoms with Gasteiger partial charge < -0.3 is 16.0 Å². The molecule has 9 nitrogen and oxygen atoms in total. The summed E-state index contributed by atoms with van der Waals surface area (Å²) in [4.78, 5) is 74.3. The Bertz CT molecular complexity index is 1490. The molecule has 0 saturated carbocycles. The highest BCUT2D eigenvalue weighted by Gasteiger charge is 2.18. The van der Waals surface area contributed by atoms with E-state index in [0.29, 0.717) is 33.8 Å². The van der Waals surface area contributed by atoms with Crippen molar-refractivity contribution in [2.45, 2.75) is 20.8 Å². The lowest BCUT2D eigenvalue weighted by Gasteiger charge is -2.12. The minimum atomic E-state index is -0.578. The van der Waals surface area contributed by atoms with Gasteiger partial charge in [0, 0.05) is 50.4 Å². The van der Waals surface area contributed by atoms with Crippen LogP contribution in [-0.2, 0) is 0 Å². The first-order chi connectivity index (χ1) is 20.0. The van der Waals surface area contributed by atoms with Crippen LogP contribution >= 0.6 is 0 Å². The summed E-state index contributed by atoms with van der Waals surface area (Å²) < 4.78 is 0. The molecule has 0 heterocycles. The smallest absolute Gasteiger partial charge is 0.255 e. The number of hydrogen-bond acceptors (Lipinski definition) is 6. The Morgan fingerprint density at radius 1 is 0.357 bits per heavy atom. The molecule has 0 atom stereocenters. The van der Waals surface area contributed by atoms with Crippen LogP contribution in [0.5, 0.6) is 0 Å². The molecule has 0 aromatic heterocycles. The van der Waals surface area contributed by atoms with Gasteiger partial charge in [0.2, 0.25) is 0 Å². The van der Waals surface area contributed by atoms with Gasteiger partial charge in [-0.05, 0) is 112 Å². The van der Waals surface area contributed by atoms with Crippen LogP contribution in [0.15, 0.2) is 91.0 Å². The number of rotatable bonds is 9. The summed E-state index contributed by atoms with van der Waals surface area (Å²) >= 11 is 0. The number of carbonyl (C=O) groups is 6. The van der Waals surface area contributed by atoms with E-state index in [0.717, 1.165) is 0 Å². The molecule has 3 amide bonds. The molecule has 0 fully saturated rings. The predicted octanol–water partition coefficient (Wildman–Crippen LogP) is 6.05. The number of nitrogens with one attached hydrogen (secondary N) is 3. The zero-order valence-electron chi connectivity index (χ0n) is 23.1. The van der Waals surface area contributed by atoms with Gasteiger partial charge in [0.1, 0.15) is 0 Å². The highest BCUT2D eigenvalue weighted by atomic mass is 16.2. The SMILES string of the molecule is CC(=O)c1ccc(NC(=O)c2cc(C(=O)Nc3ccc(C(C)=O)cc3)cc(C(=O)Nc3ccc(C(C)=O)cc3)c2)cc1. The monoisotopic (exact) mass is 561 g/mol. The number of Topliss-reactive ketones (excluding diaryl/α,β-unsaturated/α-hetero) is 3. The van der Waals surface area contributed by atoms with Crippen molar-refractivity contribution in [3.05, 3.63) is 124 Å². The number of anilines is 3. The standard InChI is InChI=1S/C33H27N3O6/c1-19(37)22-4-10-28(11-5-22)34-31(40)25-16-26(32(41)35-29-12-6-23(7-13-29)20(2)38)18-27(17-25)33(42)36-30-14-8-24(9-15-30)21(3)39/h4-18H,1-3H3,(H,34,40)(H,35,41)(H,36,42). The van der Waals surface area contributed by atoms with Gasteiger partial charge >= 0.3 is 0 Å². The lowest BCUT2D eigenvalue weighted by Crippen LogP contribution is -2.19. The Kier molecular flexibility index (Phi) is 8.82. The molecule has 210 valence electrons. The van der Waals surface area contributed by atoms with E-state index in [4.69, 9.17) is 0 Å². The average Bonchev–Trinajstić information content (AvgIpc) is 2.97. The highest BCUT2D eigenvalue weighted by molar-refractivity contribution is 6.13. The van der Waals surface area contributed by atoms with E-state index in [1.165, 1.54) is 39.0 Å². The molecular weight excluding hydrogens is 534 g/mol. The summed E-state index contributed by atoms with van der Waals surface area (Å²) in [6.07, 6.45) is 0. The first-order valence-corrected chi connectivity index (χ1v) is 12.9. The maximum atomic E-state index is 13.2. The third kappa shape index (κ3) is 7.28. The minimum absolute atomic E-state index is 0.0438. The van der Waals surface area contributed by atoms with E-state index in [2.05, 4.69) is 16.0 Å². The summed E-state index contributed by atoms with van der Waals surface area (Å²) in [5, 5.41) is 8.14. The Morgan fingerprint density at radius 2 is 0.571 bits per heavy atom. The maximum absolute atomic E-state index is 13.2. The third-order valence-electron chi connectivity index (χ3n) is 6.37. The van der Waals surface area contributed by atoms with Crippen molar-refractivity contribution < 1.29 is 28.8 Å². The Hall–Kier alpha value is -5.70. The number of benzene rings is 4. The fourth-order valence-corrected chi connectivity index (χ4v) is 4.00. The molecule has 0 aliphatic carbocycles. The van der Waals surface area contributed by atoms with E-state index in [1.54, 1.807) is 72.8 Å². The van der Waals surface area contributed by atoms with Crippen LogP contribution in [0.3, 0.4) is 0 Å². The average molecular weight is 562 g/mol. The van der Waals surface area contributed by atoms with Gasteiger partial charge in [-0.2, -0.15) is 0 Å². The van der Waals surface area contributed by atoms with Crippen LogP contribution in [-0.4, -0.2) is 35.1 Å². The van der Waals surface area contributed by atoms with E-state index < -0.39 is 17.7 Å². The van der Waals surface area contributed by atoms with Crippen molar-refractivity contribution in [2.75, 3.05) is 16.0 Å². The predicted molar refractivity (Wildman–Crippen MR) is 160 cm³/mol. The van der Waals surface area contributed by atoms with Gasteiger partial charge in [-0.25, -0.2) is 0 Å². The molecule has 0 saturated heterocycles. The quantitative estimate of drug-likeness (QED) is 0.213. The van der Waals surface area contributed by atoms with Crippen molar-refractivity contribution in [1.82, 2.24) is 0 Å². The van der Waals surface area contributed by atoms with Gasteiger partial charge in [0.15, 0.2) is 17.3 Å². The molecule has 0 unspecified atom stereocenters. The Labute approximate surface area is 242 Å². The van der Waals surface area contributed by atoms with Gasteiger partial charge in [0.05, 0.1) is 0 Å². The molecular formula is C33H27N3O6. The second-order valence-electron chi connectivity index (χ2n) is 9.56. The summed E-state index contributed by atoms with van der Waals surface area (Å²) in [6.45, 7) is 4.31. The Balaban J connectivity index is 1.63. The van der Waals surface area contributed by atoms with Crippen LogP contribution in [0.4, 0.5) is 17.1 Å².